The van der Waals surface area contributed by atoms with Gasteiger partial charge in [0.1, 0.15) is 0 Å². The van der Waals surface area contributed by atoms with E-state index in [1.165, 1.54) is 18.2 Å². The van der Waals surface area contributed by atoms with Gasteiger partial charge in [-0.1, -0.05) is 11.6 Å². The van der Waals surface area contributed by atoms with E-state index in [-0.39, 0.29) is 5.91 Å². The molecule has 0 unspecified atom stereocenters. The van der Waals surface area contributed by atoms with Crippen molar-refractivity contribution in [2.75, 3.05) is 11.9 Å². The zero-order valence-corrected chi connectivity index (χ0v) is 10.5. The number of carbonyl (C=O) groups is 2. The molecule has 1 fully saturated rings. The van der Waals surface area contributed by atoms with Gasteiger partial charge < -0.3 is 16.8 Å². The number of amides is 2. The van der Waals surface area contributed by atoms with Crippen molar-refractivity contribution in [3.63, 3.8) is 0 Å². The van der Waals surface area contributed by atoms with E-state index in [4.69, 9.17) is 23.1 Å². The van der Waals surface area contributed by atoms with Gasteiger partial charge >= 0.3 is 0 Å². The smallest absolute Gasteiger partial charge is 0.248 e. The fourth-order valence-electron chi connectivity index (χ4n) is 1.70. The van der Waals surface area contributed by atoms with E-state index >= 15 is 0 Å². The lowest BCUT2D eigenvalue weighted by molar-refractivity contribution is -0.120. The summed E-state index contributed by atoms with van der Waals surface area (Å²) in [5.41, 5.74) is 11.0. The Kier molecular flexibility index (Phi) is 3.28. The molecule has 1 aliphatic rings. The second-order valence-corrected chi connectivity index (χ2v) is 4.90. The molecule has 0 spiro atoms. The SMILES string of the molecule is NCC1(C(=O)Nc2cc(C(N)=O)ccc2Cl)CC1. The fraction of sp³-hybridized carbons (Fsp3) is 0.333. The van der Waals surface area contributed by atoms with Crippen LogP contribution in [0.5, 0.6) is 0 Å². The third-order valence-corrected chi connectivity index (χ3v) is 3.55. The number of benzene rings is 1. The lowest BCUT2D eigenvalue weighted by Gasteiger charge is -2.14. The van der Waals surface area contributed by atoms with Gasteiger partial charge in [0.15, 0.2) is 0 Å². The number of nitrogens with two attached hydrogens (primary N) is 2. The molecule has 6 heteroatoms. The van der Waals surface area contributed by atoms with Gasteiger partial charge in [-0.3, -0.25) is 9.59 Å². The van der Waals surface area contributed by atoms with Gasteiger partial charge in [-0.05, 0) is 31.0 Å². The summed E-state index contributed by atoms with van der Waals surface area (Å²) in [6, 6.07) is 4.50. The van der Waals surface area contributed by atoms with E-state index in [1.54, 1.807) is 0 Å². The number of hydrogen-bond acceptors (Lipinski definition) is 3. The van der Waals surface area contributed by atoms with Gasteiger partial charge in [0.2, 0.25) is 11.8 Å². The van der Waals surface area contributed by atoms with Gasteiger partial charge in [0.25, 0.3) is 0 Å². The highest BCUT2D eigenvalue weighted by Crippen LogP contribution is 2.45. The summed E-state index contributed by atoms with van der Waals surface area (Å²) in [6.45, 7) is 0.311. The average Bonchev–Trinajstić information content (AvgIpc) is 3.12. The number of primary amides is 1. The first-order chi connectivity index (χ1) is 8.48. The highest BCUT2D eigenvalue weighted by atomic mass is 35.5. The van der Waals surface area contributed by atoms with Gasteiger partial charge in [-0.2, -0.15) is 0 Å². The van der Waals surface area contributed by atoms with Crippen LogP contribution >= 0.6 is 11.6 Å². The minimum atomic E-state index is -0.567. The second kappa shape index (κ2) is 4.59. The second-order valence-electron chi connectivity index (χ2n) is 4.50. The van der Waals surface area contributed by atoms with Crippen molar-refractivity contribution in [3.05, 3.63) is 28.8 Å². The van der Waals surface area contributed by atoms with Crippen molar-refractivity contribution in [3.8, 4) is 0 Å². The van der Waals surface area contributed by atoms with Crippen LogP contribution < -0.4 is 16.8 Å². The number of halogens is 1. The molecule has 0 saturated heterocycles. The van der Waals surface area contributed by atoms with E-state index in [1.807, 2.05) is 0 Å². The molecule has 1 aromatic carbocycles. The third-order valence-electron chi connectivity index (χ3n) is 3.23. The predicted octanol–water partition coefficient (Wildman–Crippen LogP) is 1.12. The largest absolute Gasteiger partial charge is 0.366 e. The number of hydrogen-bond donors (Lipinski definition) is 3. The van der Waals surface area contributed by atoms with Crippen LogP contribution in [0.3, 0.4) is 0 Å². The summed E-state index contributed by atoms with van der Waals surface area (Å²) >= 11 is 5.96. The van der Waals surface area contributed by atoms with Crippen molar-refractivity contribution >= 4 is 29.1 Å². The Morgan fingerprint density at radius 3 is 2.56 bits per heavy atom. The normalized spacial score (nSPS) is 16.1. The lowest BCUT2D eigenvalue weighted by Crippen LogP contribution is -2.31. The van der Waals surface area contributed by atoms with Crippen molar-refractivity contribution < 1.29 is 9.59 Å². The van der Waals surface area contributed by atoms with Crippen LogP contribution in [0.25, 0.3) is 0 Å². The molecule has 0 bridgehead atoms. The molecular weight excluding hydrogens is 254 g/mol. The Balaban J connectivity index is 2.21. The van der Waals surface area contributed by atoms with Gasteiger partial charge in [0.05, 0.1) is 16.1 Å². The molecule has 96 valence electrons. The molecule has 18 heavy (non-hydrogen) atoms. The van der Waals surface area contributed by atoms with Crippen LogP contribution in [0.4, 0.5) is 5.69 Å². The third kappa shape index (κ3) is 2.32. The van der Waals surface area contributed by atoms with Crippen molar-refractivity contribution in [1.82, 2.24) is 0 Å². The van der Waals surface area contributed by atoms with Crippen LogP contribution in [0.1, 0.15) is 23.2 Å². The van der Waals surface area contributed by atoms with Crippen molar-refractivity contribution in [1.29, 1.82) is 0 Å². The molecule has 0 heterocycles. The van der Waals surface area contributed by atoms with E-state index in [9.17, 15) is 9.59 Å². The maximum Gasteiger partial charge on any atom is 0.248 e. The Bertz CT molecular complexity index is 512. The van der Waals surface area contributed by atoms with E-state index in [0.717, 1.165) is 12.8 Å². The molecule has 0 atom stereocenters. The summed E-state index contributed by atoms with van der Waals surface area (Å²) in [5, 5.41) is 3.06. The number of carbonyl (C=O) groups excluding carboxylic acids is 2. The van der Waals surface area contributed by atoms with E-state index < -0.39 is 11.3 Å². The Hall–Kier alpha value is -1.59. The molecule has 1 saturated carbocycles. The van der Waals surface area contributed by atoms with Crippen molar-refractivity contribution in [2.45, 2.75) is 12.8 Å². The molecule has 5 N–H and O–H groups in total. The minimum absolute atomic E-state index is 0.159. The number of nitrogens with one attached hydrogen (secondary N) is 1. The fourth-order valence-corrected chi connectivity index (χ4v) is 1.87. The quantitative estimate of drug-likeness (QED) is 0.762. The first kappa shape index (κ1) is 12.9. The molecule has 1 aliphatic carbocycles. The molecule has 0 aromatic heterocycles. The minimum Gasteiger partial charge on any atom is -0.366 e. The van der Waals surface area contributed by atoms with Crippen molar-refractivity contribution in [2.24, 2.45) is 16.9 Å². The molecule has 2 amide bonds. The van der Waals surface area contributed by atoms with Gasteiger partial charge in [-0.15, -0.1) is 0 Å². The van der Waals surface area contributed by atoms with Crippen LogP contribution in [0.15, 0.2) is 18.2 Å². The van der Waals surface area contributed by atoms with Crippen LogP contribution in [-0.4, -0.2) is 18.4 Å². The Labute approximate surface area is 109 Å². The molecule has 1 aromatic rings. The van der Waals surface area contributed by atoms with Gasteiger partial charge in [0, 0.05) is 12.1 Å². The molecule has 5 nitrogen and oxygen atoms in total. The standard InChI is InChI=1S/C12H14ClN3O2/c13-8-2-1-7(10(15)17)5-9(8)16-11(18)12(6-14)3-4-12/h1-2,5H,3-4,6,14H2,(H2,15,17)(H,16,18). The monoisotopic (exact) mass is 267 g/mol. The van der Waals surface area contributed by atoms with E-state index in [0.29, 0.717) is 22.8 Å². The summed E-state index contributed by atoms with van der Waals surface area (Å²) in [6.07, 6.45) is 1.56. The van der Waals surface area contributed by atoms with E-state index in [2.05, 4.69) is 5.32 Å². The summed E-state index contributed by atoms with van der Waals surface area (Å²) in [7, 11) is 0. The molecule has 2 rings (SSSR count). The van der Waals surface area contributed by atoms with Crippen LogP contribution in [0.2, 0.25) is 5.02 Å². The summed E-state index contributed by atoms with van der Waals surface area (Å²) in [4.78, 5) is 23.1. The molecule has 0 aliphatic heterocycles. The maximum absolute atomic E-state index is 12.0. The topological polar surface area (TPSA) is 98.2 Å². The Morgan fingerprint density at radius 1 is 1.39 bits per heavy atom. The maximum atomic E-state index is 12.0. The van der Waals surface area contributed by atoms with Gasteiger partial charge in [-0.25, -0.2) is 0 Å². The van der Waals surface area contributed by atoms with Crippen LogP contribution in [0, 0.1) is 5.41 Å². The molecular formula is C12H14ClN3O2. The molecule has 0 radical (unpaired) electrons. The zero-order chi connectivity index (χ0) is 13.3. The highest BCUT2D eigenvalue weighted by molar-refractivity contribution is 6.34. The first-order valence-corrected chi connectivity index (χ1v) is 5.97. The summed E-state index contributed by atoms with van der Waals surface area (Å²) < 4.78 is 0. The Morgan fingerprint density at radius 2 is 2.06 bits per heavy atom. The predicted molar refractivity (Wildman–Crippen MR) is 69.3 cm³/mol. The highest BCUT2D eigenvalue weighted by Gasteiger charge is 2.48. The zero-order valence-electron chi connectivity index (χ0n) is 9.70. The average molecular weight is 268 g/mol. The first-order valence-electron chi connectivity index (χ1n) is 5.59. The van der Waals surface area contributed by atoms with Crippen LogP contribution in [-0.2, 0) is 4.79 Å². The summed E-state index contributed by atoms with van der Waals surface area (Å²) in [5.74, 6) is -0.726. The number of anilines is 1. The number of rotatable bonds is 4. The lowest BCUT2D eigenvalue weighted by atomic mass is 10.1.